The van der Waals surface area contributed by atoms with Gasteiger partial charge in [-0.05, 0) is 20.8 Å². The third kappa shape index (κ3) is 4.63. The minimum absolute atomic E-state index is 0.137. The Balaban J connectivity index is 2.94. The normalized spacial score (nSPS) is 13.2. The summed E-state index contributed by atoms with van der Waals surface area (Å²) < 4.78 is 25.7. The first-order valence-corrected chi connectivity index (χ1v) is 8.48. The Bertz CT molecular complexity index is 656. The second kappa shape index (κ2) is 6.69. The molecule has 0 aliphatic rings. The zero-order chi connectivity index (χ0) is 16.4. The van der Waals surface area contributed by atoms with Gasteiger partial charge in [0.15, 0.2) is 4.34 Å². The van der Waals surface area contributed by atoms with E-state index in [1.165, 1.54) is 6.92 Å². The third-order valence-electron chi connectivity index (χ3n) is 2.26. The van der Waals surface area contributed by atoms with Gasteiger partial charge in [0, 0.05) is 12.1 Å². The van der Waals surface area contributed by atoms with Crippen LogP contribution in [0.1, 0.15) is 20.8 Å². The van der Waals surface area contributed by atoms with Crippen LogP contribution in [0, 0.1) is 10.1 Å². The summed E-state index contributed by atoms with van der Waals surface area (Å²) in [6.45, 7) is 4.85. The average molecular weight is 356 g/mol. The first-order valence-electron chi connectivity index (χ1n) is 5.81. The number of nitro groups is 1. The SMILES string of the molecule is CC(C)NC(=O)C(C)NS(=O)(=O)c1cc([N+](=O)[O-])c(Cl)s1. The number of amides is 1. The van der Waals surface area contributed by atoms with Crippen LogP contribution < -0.4 is 10.0 Å². The van der Waals surface area contributed by atoms with Gasteiger partial charge in [-0.2, -0.15) is 4.72 Å². The van der Waals surface area contributed by atoms with Gasteiger partial charge in [-0.3, -0.25) is 14.9 Å². The first-order chi connectivity index (χ1) is 9.54. The molecule has 1 heterocycles. The Hall–Kier alpha value is -1.23. The molecule has 0 spiro atoms. The first kappa shape index (κ1) is 17.8. The number of sulfonamides is 1. The Morgan fingerprint density at radius 3 is 2.43 bits per heavy atom. The fourth-order valence-electron chi connectivity index (χ4n) is 1.35. The summed E-state index contributed by atoms with van der Waals surface area (Å²) in [5.74, 6) is -0.495. The molecule has 1 unspecified atom stereocenters. The Labute approximate surface area is 130 Å². The molecule has 1 rings (SSSR count). The molecule has 0 aliphatic heterocycles. The van der Waals surface area contributed by atoms with Crippen LogP contribution >= 0.6 is 22.9 Å². The van der Waals surface area contributed by atoms with Crippen LogP contribution in [0.4, 0.5) is 5.69 Å². The molecule has 1 aromatic rings. The molecule has 1 atom stereocenters. The van der Waals surface area contributed by atoms with E-state index < -0.39 is 32.6 Å². The number of thiophene rings is 1. The summed E-state index contributed by atoms with van der Waals surface area (Å²) in [6.07, 6.45) is 0. The van der Waals surface area contributed by atoms with Gasteiger partial charge in [0.25, 0.3) is 15.7 Å². The average Bonchev–Trinajstić information content (AvgIpc) is 2.70. The summed E-state index contributed by atoms with van der Waals surface area (Å²) in [7, 11) is -4.06. The van der Waals surface area contributed by atoms with Crippen LogP contribution in [0.2, 0.25) is 4.34 Å². The monoisotopic (exact) mass is 355 g/mol. The van der Waals surface area contributed by atoms with Crippen LogP contribution in [-0.4, -0.2) is 31.3 Å². The summed E-state index contributed by atoms with van der Waals surface area (Å²) in [5.41, 5.74) is -0.485. The Kier molecular flexibility index (Phi) is 5.68. The van der Waals surface area contributed by atoms with Gasteiger partial charge in [-0.25, -0.2) is 8.42 Å². The van der Waals surface area contributed by atoms with E-state index in [9.17, 15) is 23.3 Å². The number of carbonyl (C=O) groups excluding carboxylic acids is 1. The van der Waals surface area contributed by atoms with E-state index in [1.54, 1.807) is 13.8 Å². The maximum absolute atomic E-state index is 12.1. The molecule has 0 saturated carbocycles. The van der Waals surface area contributed by atoms with Gasteiger partial charge >= 0.3 is 0 Å². The fourth-order valence-corrected chi connectivity index (χ4v) is 4.23. The highest BCUT2D eigenvalue weighted by Gasteiger charge is 2.28. The second-order valence-corrected chi connectivity index (χ2v) is 8.08. The maximum atomic E-state index is 12.1. The number of nitrogens with zero attached hydrogens (tertiary/aromatic N) is 1. The maximum Gasteiger partial charge on any atom is 0.300 e. The predicted octanol–water partition coefficient (Wildman–Crippen LogP) is 1.50. The minimum Gasteiger partial charge on any atom is -0.353 e. The lowest BCUT2D eigenvalue weighted by atomic mass is 10.3. The van der Waals surface area contributed by atoms with E-state index in [0.29, 0.717) is 11.3 Å². The van der Waals surface area contributed by atoms with E-state index in [4.69, 9.17) is 11.6 Å². The molecular formula is C10H14ClN3O5S2. The molecule has 0 saturated heterocycles. The molecule has 2 N–H and O–H groups in total. The van der Waals surface area contributed by atoms with Crippen LogP contribution in [0.15, 0.2) is 10.3 Å². The highest BCUT2D eigenvalue weighted by atomic mass is 35.5. The summed E-state index contributed by atoms with van der Waals surface area (Å²) >= 11 is 6.18. The van der Waals surface area contributed by atoms with Crippen molar-refractivity contribution in [1.29, 1.82) is 0 Å². The molecule has 0 aliphatic carbocycles. The van der Waals surface area contributed by atoms with E-state index in [0.717, 1.165) is 6.07 Å². The number of hydrogen-bond donors (Lipinski definition) is 2. The molecule has 0 aromatic carbocycles. The van der Waals surface area contributed by atoms with Crippen LogP contribution in [0.5, 0.6) is 0 Å². The Morgan fingerprint density at radius 2 is 2.00 bits per heavy atom. The molecule has 0 bridgehead atoms. The van der Waals surface area contributed by atoms with Crippen molar-refractivity contribution in [2.75, 3.05) is 0 Å². The Morgan fingerprint density at radius 1 is 1.43 bits per heavy atom. The van der Waals surface area contributed by atoms with Crippen molar-refractivity contribution in [2.45, 2.75) is 37.1 Å². The van der Waals surface area contributed by atoms with Crippen LogP contribution in [0.3, 0.4) is 0 Å². The van der Waals surface area contributed by atoms with E-state index in [2.05, 4.69) is 10.0 Å². The van der Waals surface area contributed by atoms with Crippen molar-refractivity contribution in [1.82, 2.24) is 10.0 Å². The molecule has 1 amide bonds. The van der Waals surface area contributed by atoms with Gasteiger partial charge < -0.3 is 5.32 Å². The number of halogens is 1. The quantitative estimate of drug-likeness (QED) is 0.592. The number of hydrogen-bond acceptors (Lipinski definition) is 6. The third-order valence-corrected chi connectivity index (χ3v) is 5.62. The molecule has 0 fully saturated rings. The van der Waals surface area contributed by atoms with Crippen LogP contribution in [-0.2, 0) is 14.8 Å². The van der Waals surface area contributed by atoms with E-state index in [1.807, 2.05) is 0 Å². The number of carbonyl (C=O) groups is 1. The molecule has 11 heteroatoms. The smallest absolute Gasteiger partial charge is 0.300 e. The summed E-state index contributed by atoms with van der Waals surface area (Å²) in [5, 5.41) is 13.2. The van der Waals surface area contributed by atoms with Crippen molar-refractivity contribution in [2.24, 2.45) is 0 Å². The van der Waals surface area contributed by atoms with Gasteiger partial charge in [0.2, 0.25) is 5.91 Å². The lowest BCUT2D eigenvalue weighted by molar-refractivity contribution is -0.384. The van der Waals surface area contributed by atoms with Crippen molar-refractivity contribution in [3.05, 3.63) is 20.5 Å². The van der Waals surface area contributed by atoms with E-state index in [-0.39, 0.29) is 14.6 Å². The standard InChI is InChI=1S/C10H14ClN3O5S2/c1-5(2)12-10(15)6(3)13-21(18,19)8-4-7(14(16)17)9(11)20-8/h4-6,13H,1-3H3,(H,12,15). The largest absolute Gasteiger partial charge is 0.353 e. The molecular weight excluding hydrogens is 342 g/mol. The molecule has 0 radical (unpaired) electrons. The molecule has 1 aromatic heterocycles. The van der Waals surface area contributed by atoms with Gasteiger partial charge in [-0.1, -0.05) is 11.6 Å². The highest BCUT2D eigenvalue weighted by Crippen LogP contribution is 2.36. The fraction of sp³-hybridized carbons (Fsp3) is 0.500. The molecule has 8 nitrogen and oxygen atoms in total. The van der Waals surface area contributed by atoms with Gasteiger partial charge in [0.05, 0.1) is 11.0 Å². The number of nitrogens with one attached hydrogen (secondary N) is 2. The molecule has 118 valence electrons. The molecule has 21 heavy (non-hydrogen) atoms. The summed E-state index contributed by atoms with van der Waals surface area (Å²) in [6, 6.07) is -0.290. The lowest BCUT2D eigenvalue weighted by Crippen LogP contribution is -2.46. The van der Waals surface area contributed by atoms with Crippen LogP contribution in [0.25, 0.3) is 0 Å². The minimum atomic E-state index is -4.06. The lowest BCUT2D eigenvalue weighted by Gasteiger charge is -2.15. The number of rotatable bonds is 6. The van der Waals surface area contributed by atoms with Gasteiger partial charge in [0.1, 0.15) is 4.21 Å². The van der Waals surface area contributed by atoms with E-state index >= 15 is 0 Å². The predicted molar refractivity (Wildman–Crippen MR) is 79.0 cm³/mol. The summed E-state index contributed by atoms with van der Waals surface area (Å²) in [4.78, 5) is 21.6. The zero-order valence-corrected chi connectivity index (χ0v) is 13.8. The van der Waals surface area contributed by atoms with Gasteiger partial charge in [-0.15, -0.1) is 11.3 Å². The second-order valence-electron chi connectivity index (χ2n) is 4.49. The zero-order valence-electron chi connectivity index (χ0n) is 11.4. The van der Waals surface area contributed by atoms with Crippen molar-refractivity contribution >= 4 is 44.6 Å². The highest BCUT2D eigenvalue weighted by molar-refractivity contribution is 7.91. The van der Waals surface area contributed by atoms with Crippen molar-refractivity contribution < 1.29 is 18.1 Å². The topological polar surface area (TPSA) is 118 Å². The van der Waals surface area contributed by atoms with Crippen molar-refractivity contribution in [3.8, 4) is 0 Å². The van der Waals surface area contributed by atoms with Crippen molar-refractivity contribution in [3.63, 3.8) is 0 Å².